The number of fused-ring (bicyclic) bond motifs is 1. The molecule has 0 atom stereocenters. The van der Waals surface area contributed by atoms with Crippen LogP contribution < -0.4 is 0 Å². The topological polar surface area (TPSA) is 0 Å². The van der Waals surface area contributed by atoms with E-state index < -0.39 is 0 Å². The first kappa shape index (κ1) is 11.5. The lowest BCUT2D eigenvalue weighted by atomic mass is 9.98. The fraction of sp³-hybridized carbons (Fsp3) is 0.333. The standard InChI is InChI=1S/C15H17Cl/c1-3-4-5-12-9-14-10-15(16)7-6-13(14)8-11(12)2/h6-10H,3-5H2,1-2H3. The van der Waals surface area contributed by atoms with Crippen molar-refractivity contribution in [3.63, 3.8) is 0 Å². The minimum absolute atomic E-state index is 0.817. The van der Waals surface area contributed by atoms with Gasteiger partial charge in [-0.1, -0.05) is 43.1 Å². The van der Waals surface area contributed by atoms with Crippen LogP contribution in [-0.2, 0) is 6.42 Å². The lowest BCUT2D eigenvalue weighted by Crippen LogP contribution is -1.90. The number of halogens is 1. The third-order valence-corrected chi connectivity index (χ3v) is 3.29. The predicted octanol–water partition coefficient (Wildman–Crippen LogP) is 5.14. The molecule has 0 aliphatic rings. The molecular formula is C15H17Cl. The molecule has 0 saturated heterocycles. The number of hydrogen-bond donors (Lipinski definition) is 0. The van der Waals surface area contributed by atoms with Crippen molar-refractivity contribution in [1.82, 2.24) is 0 Å². The van der Waals surface area contributed by atoms with Crippen LogP contribution in [0.4, 0.5) is 0 Å². The molecule has 0 N–H and O–H groups in total. The molecular weight excluding hydrogens is 216 g/mol. The molecule has 2 aromatic rings. The molecule has 0 aliphatic carbocycles. The smallest absolute Gasteiger partial charge is 0.0412 e. The SMILES string of the molecule is CCCCc1cc2cc(Cl)ccc2cc1C. The summed E-state index contributed by atoms with van der Waals surface area (Å²) in [5.74, 6) is 0. The van der Waals surface area contributed by atoms with E-state index in [0.29, 0.717) is 0 Å². The van der Waals surface area contributed by atoms with Gasteiger partial charge < -0.3 is 0 Å². The number of aryl methyl sites for hydroxylation is 2. The number of hydrogen-bond acceptors (Lipinski definition) is 0. The zero-order valence-electron chi connectivity index (χ0n) is 9.89. The second kappa shape index (κ2) is 4.88. The molecule has 0 heterocycles. The molecule has 16 heavy (non-hydrogen) atoms. The predicted molar refractivity (Wildman–Crippen MR) is 72.3 cm³/mol. The Bertz CT molecular complexity index is 500. The van der Waals surface area contributed by atoms with E-state index in [4.69, 9.17) is 11.6 Å². The summed E-state index contributed by atoms with van der Waals surface area (Å²) in [4.78, 5) is 0. The summed E-state index contributed by atoms with van der Waals surface area (Å²) >= 11 is 6.02. The largest absolute Gasteiger partial charge is 0.0843 e. The first-order valence-electron chi connectivity index (χ1n) is 5.89. The van der Waals surface area contributed by atoms with Gasteiger partial charge in [0.15, 0.2) is 0 Å². The van der Waals surface area contributed by atoms with Crippen LogP contribution in [0, 0.1) is 6.92 Å². The van der Waals surface area contributed by atoms with Gasteiger partial charge in [-0.25, -0.2) is 0 Å². The Kier molecular flexibility index (Phi) is 3.50. The molecule has 0 amide bonds. The molecule has 0 spiro atoms. The number of benzene rings is 2. The zero-order chi connectivity index (χ0) is 11.5. The molecule has 0 unspecified atom stereocenters. The Hall–Kier alpha value is -1.01. The van der Waals surface area contributed by atoms with Crippen LogP contribution >= 0.6 is 11.6 Å². The van der Waals surface area contributed by atoms with E-state index >= 15 is 0 Å². The summed E-state index contributed by atoms with van der Waals surface area (Å²) in [6.07, 6.45) is 3.67. The highest BCUT2D eigenvalue weighted by molar-refractivity contribution is 6.31. The molecule has 0 fully saturated rings. The van der Waals surface area contributed by atoms with Crippen LogP contribution in [-0.4, -0.2) is 0 Å². The Morgan fingerprint density at radius 1 is 1.06 bits per heavy atom. The first-order valence-corrected chi connectivity index (χ1v) is 6.27. The van der Waals surface area contributed by atoms with E-state index in [9.17, 15) is 0 Å². The van der Waals surface area contributed by atoms with E-state index in [2.05, 4.69) is 32.0 Å². The summed E-state index contributed by atoms with van der Waals surface area (Å²) in [7, 11) is 0. The molecule has 0 bridgehead atoms. The van der Waals surface area contributed by atoms with Gasteiger partial charge in [-0.15, -0.1) is 0 Å². The maximum absolute atomic E-state index is 6.02. The zero-order valence-corrected chi connectivity index (χ0v) is 10.6. The molecule has 1 heteroatoms. The third-order valence-electron chi connectivity index (χ3n) is 3.06. The van der Waals surface area contributed by atoms with Crippen molar-refractivity contribution >= 4 is 22.4 Å². The second-order valence-corrected chi connectivity index (χ2v) is 4.81. The van der Waals surface area contributed by atoms with E-state index in [1.165, 1.54) is 41.2 Å². The summed E-state index contributed by atoms with van der Waals surface area (Å²) < 4.78 is 0. The molecule has 84 valence electrons. The summed E-state index contributed by atoms with van der Waals surface area (Å²) in [5.41, 5.74) is 2.85. The van der Waals surface area contributed by atoms with Crippen molar-refractivity contribution in [3.05, 3.63) is 46.5 Å². The van der Waals surface area contributed by atoms with Crippen molar-refractivity contribution in [1.29, 1.82) is 0 Å². The minimum atomic E-state index is 0.817. The molecule has 0 nitrogen and oxygen atoms in total. The lowest BCUT2D eigenvalue weighted by Gasteiger charge is -2.08. The summed E-state index contributed by atoms with van der Waals surface area (Å²) in [6.45, 7) is 4.42. The van der Waals surface area contributed by atoms with Gasteiger partial charge in [-0.05, 0) is 53.8 Å². The molecule has 0 saturated carbocycles. The minimum Gasteiger partial charge on any atom is -0.0843 e. The highest BCUT2D eigenvalue weighted by Crippen LogP contribution is 2.24. The van der Waals surface area contributed by atoms with Crippen LogP contribution in [0.3, 0.4) is 0 Å². The number of unbranched alkanes of at least 4 members (excludes halogenated alkanes) is 1. The summed E-state index contributed by atoms with van der Waals surface area (Å²) in [5, 5.41) is 3.35. The van der Waals surface area contributed by atoms with Gasteiger partial charge >= 0.3 is 0 Å². The van der Waals surface area contributed by atoms with Crippen LogP contribution in [0.5, 0.6) is 0 Å². The normalized spacial score (nSPS) is 10.9. The average molecular weight is 233 g/mol. The van der Waals surface area contributed by atoms with E-state index in [1.54, 1.807) is 0 Å². The van der Waals surface area contributed by atoms with E-state index in [0.717, 1.165) is 5.02 Å². The van der Waals surface area contributed by atoms with Gasteiger partial charge in [-0.3, -0.25) is 0 Å². The maximum Gasteiger partial charge on any atom is 0.0412 e. The van der Waals surface area contributed by atoms with Crippen molar-refractivity contribution in [2.24, 2.45) is 0 Å². The van der Waals surface area contributed by atoms with Crippen molar-refractivity contribution in [2.45, 2.75) is 33.1 Å². The molecule has 0 aliphatic heterocycles. The highest BCUT2D eigenvalue weighted by atomic mass is 35.5. The van der Waals surface area contributed by atoms with Gasteiger partial charge in [-0.2, -0.15) is 0 Å². The van der Waals surface area contributed by atoms with Gasteiger partial charge in [0.05, 0.1) is 0 Å². The fourth-order valence-electron chi connectivity index (χ4n) is 2.07. The second-order valence-electron chi connectivity index (χ2n) is 4.37. The van der Waals surface area contributed by atoms with Crippen molar-refractivity contribution < 1.29 is 0 Å². The fourth-order valence-corrected chi connectivity index (χ4v) is 2.25. The lowest BCUT2D eigenvalue weighted by molar-refractivity contribution is 0.792. The number of rotatable bonds is 3. The highest BCUT2D eigenvalue weighted by Gasteiger charge is 2.02. The molecule has 0 radical (unpaired) electrons. The molecule has 0 aromatic heterocycles. The van der Waals surface area contributed by atoms with E-state index in [1.807, 2.05) is 12.1 Å². The van der Waals surface area contributed by atoms with Crippen LogP contribution in [0.25, 0.3) is 10.8 Å². The van der Waals surface area contributed by atoms with Gasteiger partial charge in [0.1, 0.15) is 0 Å². The average Bonchev–Trinajstić information content (AvgIpc) is 2.27. The van der Waals surface area contributed by atoms with Crippen molar-refractivity contribution in [2.75, 3.05) is 0 Å². The van der Waals surface area contributed by atoms with Crippen LogP contribution in [0.15, 0.2) is 30.3 Å². The molecule has 2 rings (SSSR count). The van der Waals surface area contributed by atoms with Crippen LogP contribution in [0.1, 0.15) is 30.9 Å². The van der Waals surface area contributed by atoms with Gasteiger partial charge in [0, 0.05) is 5.02 Å². The quantitative estimate of drug-likeness (QED) is 0.687. The monoisotopic (exact) mass is 232 g/mol. The van der Waals surface area contributed by atoms with Gasteiger partial charge in [0.25, 0.3) is 0 Å². The summed E-state index contributed by atoms with van der Waals surface area (Å²) in [6, 6.07) is 10.6. The Morgan fingerprint density at radius 2 is 1.88 bits per heavy atom. The maximum atomic E-state index is 6.02. The third kappa shape index (κ3) is 2.38. The van der Waals surface area contributed by atoms with Crippen molar-refractivity contribution in [3.8, 4) is 0 Å². The van der Waals surface area contributed by atoms with Crippen LogP contribution in [0.2, 0.25) is 5.02 Å². The Balaban J connectivity index is 2.46. The first-order chi connectivity index (χ1) is 7.70. The van der Waals surface area contributed by atoms with Gasteiger partial charge in [0.2, 0.25) is 0 Å². The van der Waals surface area contributed by atoms with E-state index in [-0.39, 0.29) is 0 Å². The molecule has 2 aromatic carbocycles. The Morgan fingerprint density at radius 3 is 2.62 bits per heavy atom. The Labute approximate surface area is 102 Å².